The lowest BCUT2D eigenvalue weighted by Gasteiger charge is -2.13. The largest absolute Gasteiger partial charge is 0.497 e. The van der Waals surface area contributed by atoms with E-state index in [2.05, 4.69) is 4.98 Å². The van der Waals surface area contributed by atoms with Crippen LogP contribution >= 0.6 is 0 Å². The van der Waals surface area contributed by atoms with Gasteiger partial charge in [-0.25, -0.2) is 4.98 Å². The molecule has 0 N–H and O–H groups in total. The van der Waals surface area contributed by atoms with Gasteiger partial charge in [-0.2, -0.15) is 0 Å². The van der Waals surface area contributed by atoms with Crippen LogP contribution in [0.5, 0.6) is 23.0 Å². The van der Waals surface area contributed by atoms with Crippen LogP contribution in [0.15, 0.2) is 30.5 Å². The first-order chi connectivity index (χ1) is 12.5. The highest BCUT2D eigenvalue weighted by Gasteiger charge is 2.22. The van der Waals surface area contributed by atoms with Crippen molar-refractivity contribution in [2.75, 3.05) is 28.4 Å². The maximum absolute atomic E-state index is 13.2. The molecule has 3 rings (SSSR count). The number of hydrogen-bond acceptors (Lipinski definition) is 6. The molecule has 0 bridgehead atoms. The van der Waals surface area contributed by atoms with E-state index in [1.54, 1.807) is 48.9 Å². The molecule has 0 unspecified atom stereocenters. The van der Waals surface area contributed by atoms with Gasteiger partial charge < -0.3 is 18.9 Å². The number of carbonyl (C=O) groups excluding carboxylic acids is 1. The van der Waals surface area contributed by atoms with E-state index < -0.39 is 0 Å². The Bertz CT molecular complexity index is 952. The molecule has 26 heavy (non-hydrogen) atoms. The number of fused-ring (bicyclic) bond motifs is 1. The minimum absolute atomic E-state index is 0.195. The summed E-state index contributed by atoms with van der Waals surface area (Å²) in [5.74, 6) is 1.76. The normalized spacial score (nSPS) is 10.7. The number of rotatable bonds is 6. The highest BCUT2D eigenvalue weighted by atomic mass is 16.5. The molecule has 0 amide bonds. The quantitative estimate of drug-likeness (QED) is 0.633. The highest BCUT2D eigenvalue weighted by Crippen LogP contribution is 2.38. The van der Waals surface area contributed by atoms with Gasteiger partial charge in [0.25, 0.3) is 0 Å². The van der Waals surface area contributed by atoms with Crippen LogP contribution in [0.25, 0.3) is 5.65 Å². The van der Waals surface area contributed by atoms with Crippen LogP contribution in [-0.4, -0.2) is 43.6 Å². The zero-order valence-electron chi connectivity index (χ0n) is 15.3. The van der Waals surface area contributed by atoms with Crippen molar-refractivity contribution >= 4 is 11.4 Å². The van der Waals surface area contributed by atoms with Gasteiger partial charge >= 0.3 is 0 Å². The van der Waals surface area contributed by atoms with E-state index >= 15 is 0 Å². The summed E-state index contributed by atoms with van der Waals surface area (Å²) in [4.78, 5) is 17.7. The van der Waals surface area contributed by atoms with Gasteiger partial charge in [0.05, 0.1) is 34.1 Å². The standard InChI is InChI=1S/C19H20N2O5/c1-11-17(21-7-6-13(23-2)10-16(21)20-11)18(22)12-8-14(24-3)19(26-5)15(9-12)25-4/h6-10H,1-5H3. The molecule has 2 heterocycles. The first-order valence-electron chi connectivity index (χ1n) is 7.91. The van der Waals surface area contributed by atoms with Crippen molar-refractivity contribution < 1.29 is 23.7 Å². The zero-order chi connectivity index (χ0) is 18.8. The van der Waals surface area contributed by atoms with E-state index in [1.807, 2.05) is 0 Å². The molecule has 0 aliphatic carbocycles. The number of nitrogens with zero attached hydrogens (tertiary/aromatic N) is 2. The molecule has 0 aliphatic heterocycles. The monoisotopic (exact) mass is 356 g/mol. The molecule has 0 fully saturated rings. The summed E-state index contributed by atoms with van der Waals surface area (Å²) in [7, 11) is 6.13. The molecule has 7 heteroatoms. The third-order valence-electron chi connectivity index (χ3n) is 4.15. The summed E-state index contributed by atoms with van der Waals surface area (Å²) < 4.78 is 22.9. The Labute approximate surface area is 151 Å². The number of ketones is 1. The average molecular weight is 356 g/mol. The Balaban J connectivity index is 2.15. The number of imidazole rings is 1. The van der Waals surface area contributed by atoms with Gasteiger partial charge in [-0.05, 0) is 25.1 Å². The number of ether oxygens (including phenoxy) is 4. The number of benzene rings is 1. The van der Waals surface area contributed by atoms with E-state index in [9.17, 15) is 4.79 Å². The van der Waals surface area contributed by atoms with Crippen molar-refractivity contribution in [3.8, 4) is 23.0 Å². The van der Waals surface area contributed by atoms with Crippen molar-refractivity contribution in [1.82, 2.24) is 9.38 Å². The second-order valence-electron chi connectivity index (χ2n) is 5.58. The number of aryl methyl sites for hydroxylation is 1. The molecule has 0 saturated carbocycles. The van der Waals surface area contributed by atoms with Crippen LogP contribution in [0.4, 0.5) is 0 Å². The first kappa shape index (κ1) is 17.6. The third-order valence-corrected chi connectivity index (χ3v) is 4.15. The number of carbonyl (C=O) groups is 1. The molecule has 3 aromatic rings. The summed E-state index contributed by atoms with van der Waals surface area (Å²) in [6.45, 7) is 1.80. The molecule has 136 valence electrons. The first-order valence-corrected chi connectivity index (χ1v) is 7.91. The highest BCUT2D eigenvalue weighted by molar-refractivity contribution is 6.09. The summed E-state index contributed by atoms with van der Waals surface area (Å²) in [5.41, 5.74) is 2.15. The second-order valence-corrected chi connectivity index (χ2v) is 5.58. The minimum atomic E-state index is -0.195. The number of hydrogen-bond donors (Lipinski definition) is 0. The summed E-state index contributed by atoms with van der Waals surface area (Å²) in [5, 5.41) is 0. The molecular weight excluding hydrogens is 336 g/mol. The Hall–Kier alpha value is -3.22. The van der Waals surface area contributed by atoms with E-state index in [0.717, 1.165) is 0 Å². The smallest absolute Gasteiger partial charge is 0.211 e. The van der Waals surface area contributed by atoms with E-state index in [0.29, 0.717) is 45.6 Å². The van der Waals surface area contributed by atoms with Crippen molar-refractivity contribution in [2.24, 2.45) is 0 Å². The molecule has 7 nitrogen and oxygen atoms in total. The SMILES string of the molecule is COc1ccn2c(C(=O)c3cc(OC)c(OC)c(OC)c3)c(C)nc2c1. The van der Waals surface area contributed by atoms with Crippen LogP contribution in [-0.2, 0) is 0 Å². The van der Waals surface area contributed by atoms with Gasteiger partial charge in [0, 0.05) is 17.8 Å². The zero-order valence-corrected chi connectivity index (χ0v) is 15.3. The van der Waals surface area contributed by atoms with Crippen LogP contribution in [0, 0.1) is 6.92 Å². The predicted molar refractivity (Wildman–Crippen MR) is 96.0 cm³/mol. The molecule has 0 spiro atoms. The molecule has 0 atom stereocenters. The number of aromatic nitrogens is 2. The van der Waals surface area contributed by atoms with Crippen molar-refractivity contribution in [3.05, 3.63) is 47.4 Å². The van der Waals surface area contributed by atoms with E-state index in [-0.39, 0.29) is 5.78 Å². The van der Waals surface area contributed by atoms with Crippen LogP contribution in [0.2, 0.25) is 0 Å². The lowest BCUT2D eigenvalue weighted by atomic mass is 10.1. The topological polar surface area (TPSA) is 71.3 Å². The Morgan fingerprint density at radius 3 is 2.15 bits per heavy atom. The van der Waals surface area contributed by atoms with Crippen molar-refractivity contribution in [1.29, 1.82) is 0 Å². The fourth-order valence-electron chi connectivity index (χ4n) is 2.89. The van der Waals surface area contributed by atoms with Gasteiger partial charge in [0.1, 0.15) is 17.1 Å². The summed E-state index contributed by atoms with van der Waals surface area (Å²) in [6, 6.07) is 6.82. The lowest BCUT2D eigenvalue weighted by Crippen LogP contribution is -2.08. The van der Waals surface area contributed by atoms with Crippen LogP contribution in [0.1, 0.15) is 21.7 Å². The van der Waals surface area contributed by atoms with Gasteiger partial charge in [0.15, 0.2) is 11.5 Å². The Kier molecular flexibility index (Phi) is 4.71. The third kappa shape index (κ3) is 2.81. The molecule has 0 aliphatic rings. The summed E-state index contributed by atoms with van der Waals surface area (Å²) in [6.07, 6.45) is 1.76. The van der Waals surface area contributed by atoms with Crippen molar-refractivity contribution in [2.45, 2.75) is 6.92 Å². The summed E-state index contributed by atoms with van der Waals surface area (Å²) >= 11 is 0. The van der Waals surface area contributed by atoms with E-state index in [4.69, 9.17) is 18.9 Å². The van der Waals surface area contributed by atoms with Crippen LogP contribution in [0.3, 0.4) is 0 Å². The maximum atomic E-state index is 13.2. The van der Waals surface area contributed by atoms with Gasteiger partial charge in [-0.15, -0.1) is 0 Å². The van der Waals surface area contributed by atoms with Gasteiger partial charge in [0.2, 0.25) is 11.5 Å². The molecule has 0 saturated heterocycles. The molecule has 1 aromatic carbocycles. The Morgan fingerprint density at radius 2 is 1.62 bits per heavy atom. The second kappa shape index (κ2) is 6.95. The van der Waals surface area contributed by atoms with Crippen LogP contribution < -0.4 is 18.9 Å². The molecule has 2 aromatic heterocycles. The molecular formula is C19H20N2O5. The van der Waals surface area contributed by atoms with Crippen molar-refractivity contribution in [3.63, 3.8) is 0 Å². The average Bonchev–Trinajstić information content (AvgIpc) is 3.00. The van der Waals surface area contributed by atoms with E-state index in [1.165, 1.54) is 21.3 Å². The fraction of sp³-hybridized carbons (Fsp3) is 0.263. The lowest BCUT2D eigenvalue weighted by molar-refractivity contribution is 0.103. The van der Waals surface area contributed by atoms with Gasteiger partial charge in [-0.1, -0.05) is 0 Å². The number of pyridine rings is 1. The fourth-order valence-corrected chi connectivity index (χ4v) is 2.89. The molecule has 0 radical (unpaired) electrons. The Morgan fingerprint density at radius 1 is 0.962 bits per heavy atom. The minimum Gasteiger partial charge on any atom is -0.497 e. The predicted octanol–water partition coefficient (Wildman–Crippen LogP) is 2.91. The van der Waals surface area contributed by atoms with Gasteiger partial charge in [-0.3, -0.25) is 9.20 Å². The maximum Gasteiger partial charge on any atom is 0.211 e. The number of methoxy groups -OCH3 is 4.